The van der Waals surface area contributed by atoms with E-state index in [0.29, 0.717) is 5.92 Å². The van der Waals surface area contributed by atoms with Gasteiger partial charge in [0.2, 0.25) is 0 Å². The van der Waals surface area contributed by atoms with Crippen LogP contribution in [0, 0.1) is 13.8 Å². The Hall–Kier alpha value is -2.08. The number of aryl methyl sites for hydroxylation is 2. The SMILES string of the molecule is CCC1=CCC=C1C(c1cccc(C)c1)c1cccc(C)c1. The van der Waals surface area contributed by atoms with Gasteiger partial charge in [0, 0.05) is 5.92 Å². The predicted octanol–water partition coefficient (Wildman–Crippen LogP) is 6.10. The largest absolute Gasteiger partial charge is 0.0772 e. The first-order chi connectivity index (χ1) is 10.7. The number of rotatable bonds is 4. The molecule has 1 aliphatic rings. The number of allylic oxidation sites excluding steroid dienone is 4. The third-order valence-electron chi connectivity index (χ3n) is 4.52. The molecule has 0 radical (unpaired) electrons. The molecule has 0 spiro atoms. The summed E-state index contributed by atoms with van der Waals surface area (Å²) in [6, 6.07) is 17.9. The van der Waals surface area contributed by atoms with E-state index in [9.17, 15) is 0 Å². The summed E-state index contributed by atoms with van der Waals surface area (Å²) in [5.74, 6) is 0.355. The predicted molar refractivity (Wildman–Crippen MR) is 95.3 cm³/mol. The summed E-state index contributed by atoms with van der Waals surface area (Å²) in [4.78, 5) is 0. The van der Waals surface area contributed by atoms with Crippen molar-refractivity contribution < 1.29 is 0 Å². The Morgan fingerprint density at radius 2 is 1.45 bits per heavy atom. The highest BCUT2D eigenvalue weighted by atomic mass is 14.3. The van der Waals surface area contributed by atoms with Gasteiger partial charge in [0.05, 0.1) is 0 Å². The van der Waals surface area contributed by atoms with Gasteiger partial charge < -0.3 is 0 Å². The van der Waals surface area contributed by atoms with Gasteiger partial charge in [0.25, 0.3) is 0 Å². The first kappa shape index (κ1) is 14.8. The minimum atomic E-state index is 0.355. The molecule has 2 aromatic rings. The Bertz CT molecular complexity index is 686. The molecule has 22 heavy (non-hydrogen) atoms. The molecule has 0 heteroatoms. The standard InChI is InChI=1S/C22H24/c1-4-18-10-7-13-21(18)22(19-11-5-8-16(2)14-19)20-12-6-9-17(3)15-20/h5-6,8-15,22H,4,7H2,1-3H3. The molecule has 0 amide bonds. The van der Waals surface area contributed by atoms with Gasteiger partial charge in [-0.1, -0.05) is 78.7 Å². The molecule has 3 rings (SSSR count). The Kier molecular flexibility index (Phi) is 4.29. The quantitative estimate of drug-likeness (QED) is 0.637. The van der Waals surface area contributed by atoms with Crippen molar-refractivity contribution >= 4 is 0 Å². The summed E-state index contributed by atoms with van der Waals surface area (Å²) in [5, 5.41) is 0. The van der Waals surface area contributed by atoms with Crippen molar-refractivity contribution in [3.8, 4) is 0 Å². The molecule has 0 bridgehead atoms. The normalized spacial score (nSPS) is 14.2. The van der Waals surface area contributed by atoms with Gasteiger partial charge >= 0.3 is 0 Å². The summed E-state index contributed by atoms with van der Waals surface area (Å²) >= 11 is 0. The summed E-state index contributed by atoms with van der Waals surface area (Å²) in [6.07, 6.45) is 6.98. The molecule has 0 fully saturated rings. The fraction of sp³-hybridized carbons (Fsp3) is 0.273. The monoisotopic (exact) mass is 288 g/mol. The molecular formula is C22H24. The number of hydrogen-bond donors (Lipinski definition) is 0. The van der Waals surface area contributed by atoms with Gasteiger partial charge in [-0.05, 0) is 49.0 Å². The average Bonchev–Trinajstić information content (AvgIpc) is 2.96. The average molecular weight is 288 g/mol. The van der Waals surface area contributed by atoms with E-state index in [1.54, 1.807) is 0 Å². The molecule has 0 saturated heterocycles. The van der Waals surface area contributed by atoms with Crippen LogP contribution in [0.4, 0.5) is 0 Å². The number of benzene rings is 2. The molecule has 2 aromatic carbocycles. The Morgan fingerprint density at radius 3 is 1.95 bits per heavy atom. The maximum atomic E-state index is 2.41. The first-order valence-electron chi connectivity index (χ1n) is 8.21. The van der Waals surface area contributed by atoms with Crippen molar-refractivity contribution in [2.45, 2.75) is 39.5 Å². The van der Waals surface area contributed by atoms with E-state index < -0.39 is 0 Å². The van der Waals surface area contributed by atoms with Gasteiger partial charge in [-0.25, -0.2) is 0 Å². The fourth-order valence-electron chi connectivity index (χ4n) is 3.48. The van der Waals surface area contributed by atoms with Crippen LogP contribution >= 0.6 is 0 Å². The van der Waals surface area contributed by atoms with Crippen molar-refractivity contribution in [3.05, 3.63) is 94.1 Å². The molecule has 0 atom stereocenters. The highest BCUT2D eigenvalue weighted by molar-refractivity contribution is 5.52. The summed E-state index contributed by atoms with van der Waals surface area (Å²) in [7, 11) is 0. The zero-order valence-electron chi connectivity index (χ0n) is 13.8. The Morgan fingerprint density at radius 1 is 0.864 bits per heavy atom. The molecular weight excluding hydrogens is 264 g/mol. The van der Waals surface area contributed by atoms with Crippen LogP contribution in [0.3, 0.4) is 0 Å². The second-order valence-electron chi connectivity index (χ2n) is 6.24. The smallest absolute Gasteiger partial charge is 0.0339 e. The van der Waals surface area contributed by atoms with E-state index in [0.717, 1.165) is 12.8 Å². The summed E-state index contributed by atoms with van der Waals surface area (Å²) in [5.41, 5.74) is 8.47. The highest BCUT2D eigenvalue weighted by Crippen LogP contribution is 2.40. The number of hydrogen-bond acceptors (Lipinski definition) is 0. The minimum absolute atomic E-state index is 0.355. The maximum Gasteiger partial charge on any atom is 0.0339 e. The third-order valence-corrected chi connectivity index (χ3v) is 4.52. The van der Waals surface area contributed by atoms with Crippen molar-refractivity contribution in [3.63, 3.8) is 0 Å². The van der Waals surface area contributed by atoms with Crippen LogP contribution in [0.15, 0.2) is 71.8 Å². The topological polar surface area (TPSA) is 0 Å². The molecule has 0 aromatic heterocycles. The lowest BCUT2D eigenvalue weighted by molar-refractivity contribution is 0.928. The molecule has 112 valence electrons. The molecule has 1 aliphatic carbocycles. The lowest BCUT2D eigenvalue weighted by Crippen LogP contribution is -2.06. The molecule has 0 nitrogen and oxygen atoms in total. The van der Waals surface area contributed by atoms with Gasteiger partial charge in [-0.15, -0.1) is 0 Å². The van der Waals surface area contributed by atoms with Crippen molar-refractivity contribution in [2.24, 2.45) is 0 Å². The van der Waals surface area contributed by atoms with Gasteiger partial charge in [0.15, 0.2) is 0 Å². The Labute approximate surface area is 134 Å². The van der Waals surface area contributed by atoms with Crippen LogP contribution in [0.1, 0.15) is 47.9 Å². The van der Waals surface area contributed by atoms with Crippen molar-refractivity contribution in [1.29, 1.82) is 0 Å². The van der Waals surface area contributed by atoms with Crippen molar-refractivity contribution in [1.82, 2.24) is 0 Å². The van der Waals surface area contributed by atoms with Crippen LogP contribution in [-0.4, -0.2) is 0 Å². The second kappa shape index (κ2) is 6.36. The van der Waals surface area contributed by atoms with Crippen molar-refractivity contribution in [2.75, 3.05) is 0 Å². The van der Waals surface area contributed by atoms with Gasteiger partial charge in [-0.2, -0.15) is 0 Å². The van der Waals surface area contributed by atoms with Crippen LogP contribution in [-0.2, 0) is 0 Å². The fourth-order valence-corrected chi connectivity index (χ4v) is 3.48. The second-order valence-corrected chi connectivity index (χ2v) is 6.24. The zero-order valence-corrected chi connectivity index (χ0v) is 13.8. The highest BCUT2D eigenvalue weighted by Gasteiger charge is 2.23. The third kappa shape index (κ3) is 2.92. The van der Waals surface area contributed by atoms with Crippen LogP contribution in [0.25, 0.3) is 0 Å². The molecule has 0 unspecified atom stereocenters. The van der Waals surface area contributed by atoms with Crippen LogP contribution in [0.5, 0.6) is 0 Å². The van der Waals surface area contributed by atoms with Crippen LogP contribution in [0.2, 0.25) is 0 Å². The minimum Gasteiger partial charge on any atom is -0.0772 e. The Balaban J connectivity index is 2.13. The lowest BCUT2D eigenvalue weighted by atomic mass is 9.81. The van der Waals surface area contributed by atoms with E-state index in [2.05, 4.69) is 81.5 Å². The van der Waals surface area contributed by atoms with E-state index in [1.165, 1.54) is 33.4 Å². The first-order valence-corrected chi connectivity index (χ1v) is 8.21. The zero-order chi connectivity index (χ0) is 15.5. The lowest BCUT2D eigenvalue weighted by Gasteiger charge is -2.23. The maximum absolute atomic E-state index is 2.41. The molecule has 0 heterocycles. The molecule has 0 N–H and O–H groups in total. The van der Waals surface area contributed by atoms with Gasteiger partial charge in [-0.3, -0.25) is 0 Å². The van der Waals surface area contributed by atoms with E-state index in [4.69, 9.17) is 0 Å². The summed E-state index contributed by atoms with van der Waals surface area (Å²) < 4.78 is 0. The summed E-state index contributed by atoms with van der Waals surface area (Å²) in [6.45, 7) is 6.61. The van der Waals surface area contributed by atoms with E-state index in [1.807, 2.05) is 0 Å². The van der Waals surface area contributed by atoms with E-state index >= 15 is 0 Å². The van der Waals surface area contributed by atoms with Gasteiger partial charge in [0.1, 0.15) is 0 Å². The molecule has 0 saturated carbocycles. The molecule has 0 aliphatic heterocycles. The van der Waals surface area contributed by atoms with E-state index in [-0.39, 0.29) is 0 Å². The van der Waals surface area contributed by atoms with Crippen LogP contribution < -0.4 is 0 Å².